The highest BCUT2D eigenvalue weighted by atomic mass is 35.5. The summed E-state index contributed by atoms with van der Waals surface area (Å²) >= 11 is 6.09. The van der Waals surface area contributed by atoms with Gasteiger partial charge in [0.2, 0.25) is 0 Å². The summed E-state index contributed by atoms with van der Waals surface area (Å²) in [5.74, 6) is 1.11. The zero-order valence-corrected chi connectivity index (χ0v) is 12.9. The van der Waals surface area contributed by atoms with Gasteiger partial charge in [-0.25, -0.2) is 0 Å². The molecule has 3 nitrogen and oxygen atoms in total. The number of carbonyl (C=O) groups excluding carboxylic acids is 1. The van der Waals surface area contributed by atoms with E-state index in [4.69, 9.17) is 16.3 Å². The number of methoxy groups -OCH3 is 1. The number of hydrogen-bond donors (Lipinski definition) is 1. The Morgan fingerprint density at radius 3 is 2.70 bits per heavy atom. The second kappa shape index (κ2) is 6.98. The van der Waals surface area contributed by atoms with Gasteiger partial charge in [-0.1, -0.05) is 11.6 Å². The number of benzene rings is 1. The molecule has 0 atom stereocenters. The number of rotatable bonds is 4. The molecule has 0 bridgehead atoms. The Morgan fingerprint density at radius 2 is 2.05 bits per heavy atom. The number of nitrogens with one attached hydrogen (secondary N) is 1. The van der Waals surface area contributed by atoms with Crippen LogP contribution in [-0.4, -0.2) is 24.9 Å². The number of alkyl halides is 1. The number of aryl methyl sites for hydroxylation is 1. The lowest BCUT2D eigenvalue weighted by Crippen LogP contribution is -2.31. The first-order valence-electron chi connectivity index (χ1n) is 7.17. The summed E-state index contributed by atoms with van der Waals surface area (Å²) in [5.41, 5.74) is 1.66. The molecule has 0 radical (unpaired) electrons. The Bertz CT molecular complexity index is 468. The first-order chi connectivity index (χ1) is 9.60. The highest BCUT2D eigenvalue weighted by molar-refractivity contribution is 6.20. The van der Waals surface area contributed by atoms with E-state index in [0.29, 0.717) is 22.6 Å². The Balaban J connectivity index is 1.93. The van der Waals surface area contributed by atoms with Crippen LogP contribution in [0, 0.1) is 12.8 Å². The van der Waals surface area contributed by atoms with Gasteiger partial charge in [0, 0.05) is 11.9 Å². The smallest absolute Gasteiger partial charge is 0.255 e. The number of carbonyl (C=O) groups is 1. The highest BCUT2D eigenvalue weighted by Gasteiger charge is 2.20. The molecule has 1 saturated carbocycles. The summed E-state index contributed by atoms with van der Waals surface area (Å²) < 4.78 is 5.25. The fourth-order valence-corrected chi connectivity index (χ4v) is 2.91. The van der Waals surface area contributed by atoms with Crippen LogP contribution in [0.5, 0.6) is 5.75 Å². The summed E-state index contributed by atoms with van der Waals surface area (Å²) in [6.07, 6.45) is 4.30. The van der Waals surface area contributed by atoms with E-state index in [1.165, 1.54) is 0 Å². The predicted octanol–water partition coefficient (Wildman–Crippen LogP) is 3.53. The van der Waals surface area contributed by atoms with Crippen LogP contribution >= 0.6 is 11.6 Å². The summed E-state index contributed by atoms with van der Waals surface area (Å²) in [6, 6.07) is 5.64. The second-order valence-corrected chi connectivity index (χ2v) is 6.15. The van der Waals surface area contributed by atoms with E-state index in [1.54, 1.807) is 7.11 Å². The van der Waals surface area contributed by atoms with Crippen molar-refractivity contribution >= 4 is 17.5 Å². The molecule has 2 rings (SSSR count). The molecule has 0 saturated heterocycles. The van der Waals surface area contributed by atoms with Gasteiger partial charge in [-0.2, -0.15) is 0 Å². The van der Waals surface area contributed by atoms with Crippen molar-refractivity contribution in [2.24, 2.45) is 5.92 Å². The normalized spacial score (nSPS) is 22.4. The molecule has 20 heavy (non-hydrogen) atoms. The van der Waals surface area contributed by atoms with Crippen LogP contribution in [-0.2, 0) is 0 Å². The highest BCUT2D eigenvalue weighted by Crippen LogP contribution is 2.27. The van der Waals surface area contributed by atoms with Crippen molar-refractivity contribution < 1.29 is 9.53 Å². The van der Waals surface area contributed by atoms with E-state index in [2.05, 4.69) is 5.32 Å². The molecule has 1 fully saturated rings. The van der Waals surface area contributed by atoms with Gasteiger partial charge in [-0.3, -0.25) is 4.79 Å². The Kier molecular flexibility index (Phi) is 5.30. The zero-order valence-electron chi connectivity index (χ0n) is 12.1. The maximum absolute atomic E-state index is 12.3. The third-order valence-corrected chi connectivity index (χ3v) is 4.36. The van der Waals surface area contributed by atoms with Gasteiger partial charge in [0.25, 0.3) is 5.91 Å². The minimum Gasteiger partial charge on any atom is -0.496 e. The van der Waals surface area contributed by atoms with E-state index < -0.39 is 0 Å². The molecule has 1 aromatic carbocycles. The number of hydrogen-bond acceptors (Lipinski definition) is 2. The van der Waals surface area contributed by atoms with Crippen molar-refractivity contribution in [3.05, 3.63) is 29.3 Å². The molecule has 0 aromatic heterocycles. The van der Waals surface area contributed by atoms with Crippen LogP contribution in [0.3, 0.4) is 0 Å². The third kappa shape index (κ3) is 3.89. The maximum atomic E-state index is 12.3. The summed E-state index contributed by atoms with van der Waals surface area (Å²) in [6.45, 7) is 2.69. The van der Waals surface area contributed by atoms with Crippen LogP contribution in [0.15, 0.2) is 18.2 Å². The van der Waals surface area contributed by atoms with Crippen LogP contribution in [0.1, 0.15) is 41.6 Å². The van der Waals surface area contributed by atoms with E-state index in [9.17, 15) is 4.79 Å². The average Bonchev–Trinajstić information content (AvgIpc) is 2.46. The van der Waals surface area contributed by atoms with Gasteiger partial charge < -0.3 is 10.1 Å². The maximum Gasteiger partial charge on any atom is 0.255 e. The van der Waals surface area contributed by atoms with E-state index in [1.807, 2.05) is 25.1 Å². The van der Waals surface area contributed by atoms with E-state index in [-0.39, 0.29) is 5.91 Å². The molecule has 1 N–H and O–H groups in total. The number of amides is 1. The van der Waals surface area contributed by atoms with Crippen molar-refractivity contribution in [3.8, 4) is 5.75 Å². The summed E-state index contributed by atoms with van der Waals surface area (Å²) in [5, 5.41) is 3.34. The van der Waals surface area contributed by atoms with E-state index >= 15 is 0 Å². The lowest BCUT2D eigenvalue weighted by Gasteiger charge is -2.25. The Hall–Kier alpha value is -1.22. The van der Waals surface area contributed by atoms with Crippen molar-refractivity contribution in [2.45, 2.75) is 38.0 Å². The molecular formula is C16H22ClNO2. The molecule has 0 spiro atoms. The van der Waals surface area contributed by atoms with Gasteiger partial charge in [0.15, 0.2) is 0 Å². The van der Waals surface area contributed by atoms with Crippen molar-refractivity contribution in [2.75, 3.05) is 13.7 Å². The molecule has 110 valence electrons. The van der Waals surface area contributed by atoms with Crippen molar-refractivity contribution in [1.29, 1.82) is 0 Å². The molecule has 1 aliphatic carbocycles. The topological polar surface area (TPSA) is 38.3 Å². The van der Waals surface area contributed by atoms with E-state index in [0.717, 1.165) is 37.8 Å². The lowest BCUT2D eigenvalue weighted by atomic mass is 9.89. The molecule has 4 heteroatoms. The first kappa shape index (κ1) is 15.2. The van der Waals surface area contributed by atoms with Gasteiger partial charge in [0.05, 0.1) is 12.7 Å². The van der Waals surface area contributed by atoms with Gasteiger partial charge >= 0.3 is 0 Å². The molecule has 1 aliphatic rings. The van der Waals surface area contributed by atoms with Crippen LogP contribution in [0.25, 0.3) is 0 Å². The second-order valence-electron chi connectivity index (χ2n) is 5.53. The average molecular weight is 296 g/mol. The number of ether oxygens (including phenoxy) is 1. The van der Waals surface area contributed by atoms with Gasteiger partial charge in [0.1, 0.15) is 5.75 Å². The lowest BCUT2D eigenvalue weighted by molar-refractivity contribution is 0.0940. The largest absolute Gasteiger partial charge is 0.496 e. The molecule has 0 heterocycles. The first-order valence-corrected chi connectivity index (χ1v) is 7.60. The predicted molar refractivity (Wildman–Crippen MR) is 81.7 cm³/mol. The third-order valence-electron chi connectivity index (χ3n) is 3.93. The standard InChI is InChI=1S/C16H22ClNO2/c1-11-3-8-15(20-2)14(9-11)16(19)18-10-12-4-6-13(17)7-5-12/h3,8-9,12-13H,4-7,10H2,1-2H3,(H,18,19). The quantitative estimate of drug-likeness (QED) is 0.863. The summed E-state index contributed by atoms with van der Waals surface area (Å²) in [4.78, 5) is 12.3. The summed E-state index contributed by atoms with van der Waals surface area (Å²) in [7, 11) is 1.59. The SMILES string of the molecule is COc1ccc(C)cc1C(=O)NCC1CCC(Cl)CC1. The number of halogens is 1. The fraction of sp³-hybridized carbons (Fsp3) is 0.562. The molecule has 1 amide bonds. The van der Waals surface area contributed by atoms with Gasteiger partial charge in [-0.15, -0.1) is 11.6 Å². The minimum absolute atomic E-state index is 0.0569. The van der Waals surface area contributed by atoms with Crippen molar-refractivity contribution in [1.82, 2.24) is 5.32 Å². The Labute approximate surface area is 125 Å². The van der Waals surface area contributed by atoms with Crippen LogP contribution in [0.4, 0.5) is 0 Å². The molecular weight excluding hydrogens is 274 g/mol. The monoisotopic (exact) mass is 295 g/mol. The molecule has 0 unspecified atom stereocenters. The van der Waals surface area contributed by atoms with Crippen LogP contribution < -0.4 is 10.1 Å². The van der Waals surface area contributed by atoms with Crippen molar-refractivity contribution in [3.63, 3.8) is 0 Å². The molecule has 1 aromatic rings. The van der Waals surface area contributed by atoms with Crippen LogP contribution in [0.2, 0.25) is 0 Å². The van der Waals surface area contributed by atoms with Gasteiger partial charge in [-0.05, 0) is 50.7 Å². The molecule has 0 aliphatic heterocycles. The Morgan fingerprint density at radius 1 is 1.35 bits per heavy atom. The minimum atomic E-state index is -0.0569. The fourth-order valence-electron chi connectivity index (χ4n) is 2.66. The zero-order chi connectivity index (χ0) is 14.5.